The lowest BCUT2D eigenvalue weighted by molar-refractivity contribution is -0.125. The van der Waals surface area contributed by atoms with Gasteiger partial charge in [0.2, 0.25) is 17.8 Å². The van der Waals surface area contributed by atoms with Crippen LogP contribution < -0.4 is 16.0 Å². The quantitative estimate of drug-likeness (QED) is 0.404. The van der Waals surface area contributed by atoms with Gasteiger partial charge in [0.1, 0.15) is 17.2 Å². The Morgan fingerprint density at radius 1 is 1.06 bits per heavy atom. The first-order valence-corrected chi connectivity index (χ1v) is 12.5. The number of halogens is 2. The number of benzene rings is 1. The van der Waals surface area contributed by atoms with Crippen molar-refractivity contribution in [2.75, 3.05) is 17.7 Å². The standard InChI is InChI=1S/C25H31F2N7O2/c1-28-23(36)14-2-5-16(6-3-14)30-24-29-13-21-22(33-24)34(17-7-9-18(35)10-8-17)25(32-21)31-20-11-4-15(26)12-19(20)27/h4,11-14,16-18,35H,2-3,5-10H2,1H3,(H,28,36)(H,31,32)(H,29,30,33)/t14-,16-,17-,18+. The normalized spacial score (nSPS) is 24.4. The summed E-state index contributed by atoms with van der Waals surface area (Å²) in [6.45, 7) is 0. The molecule has 36 heavy (non-hydrogen) atoms. The predicted octanol–water partition coefficient (Wildman–Crippen LogP) is 4.04. The molecule has 0 saturated heterocycles. The van der Waals surface area contributed by atoms with Crippen molar-refractivity contribution in [2.45, 2.75) is 69.6 Å². The molecule has 2 aliphatic carbocycles. The van der Waals surface area contributed by atoms with Crippen LogP contribution in [0.15, 0.2) is 24.4 Å². The second-order valence-corrected chi connectivity index (χ2v) is 9.73. The minimum atomic E-state index is -0.714. The molecule has 9 nitrogen and oxygen atoms in total. The molecule has 0 unspecified atom stereocenters. The molecule has 0 bridgehead atoms. The molecular formula is C25H31F2N7O2. The fourth-order valence-corrected chi connectivity index (χ4v) is 5.31. The van der Waals surface area contributed by atoms with Gasteiger partial charge >= 0.3 is 0 Å². The fraction of sp³-hybridized carbons (Fsp3) is 0.520. The number of amides is 1. The van der Waals surface area contributed by atoms with Gasteiger partial charge in [-0.25, -0.2) is 18.7 Å². The van der Waals surface area contributed by atoms with Crippen LogP contribution in [0.1, 0.15) is 57.4 Å². The highest BCUT2D eigenvalue weighted by atomic mass is 19.1. The van der Waals surface area contributed by atoms with Crippen molar-refractivity contribution in [1.82, 2.24) is 24.8 Å². The van der Waals surface area contributed by atoms with E-state index in [0.29, 0.717) is 35.9 Å². The summed E-state index contributed by atoms with van der Waals surface area (Å²) in [5.41, 5.74) is 1.28. The van der Waals surface area contributed by atoms with Crippen molar-refractivity contribution < 1.29 is 18.7 Å². The molecule has 2 fully saturated rings. The number of rotatable bonds is 6. The van der Waals surface area contributed by atoms with Crippen LogP contribution in [0.3, 0.4) is 0 Å². The third-order valence-electron chi connectivity index (χ3n) is 7.32. The zero-order chi connectivity index (χ0) is 25.2. The largest absolute Gasteiger partial charge is 0.393 e. The summed E-state index contributed by atoms with van der Waals surface area (Å²) in [6, 6.07) is 3.53. The Balaban J connectivity index is 1.42. The minimum absolute atomic E-state index is 0.00940. The second kappa shape index (κ2) is 10.3. The van der Waals surface area contributed by atoms with Crippen molar-refractivity contribution in [3.63, 3.8) is 0 Å². The van der Waals surface area contributed by atoms with Crippen LogP contribution in [-0.4, -0.2) is 49.7 Å². The smallest absolute Gasteiger partial charge is 0.224 e. The number of fused-ring (bicyclic) bond motifs is 1. The number of nitrogens with one attached hydrogen (secondary N) is 3. The highest BCUT2D eigenvalue weighted by Gasteiger charge is 2.28. The van der Waals surface area contributed by atoms with E-state index in [2.05, 4.69) is 25.9 Å². The number of carbonyl (C=O) groups is 1. The van der Waals surface area contributed by atoms with Crippen LogP contribution in [0.25, 0.3) is 11.2 Å². The van der Waals surface area contributed by atoms with Crippen LogP contribution >= 0.6 is 0 Å². The Kier molecular flexibility index (Phi) is 6.99. The summed E-state index contributed by atoms with van der Waals surface area (Å²) in [4.78, 5) is 25.8. The van der Waals surface area contributed by atoms with E-state index in [4.69, 9.17) is 4.98 Å². The number of aliphatic hydroxyl groups is 1. The van der Waals surface area contributed by atoms with Gasteiger partial charge in [-0.2, -0.15) is 4.98 Å². The van der Waals surface area contributed by atoms with Gasteiger partial charge < -0.3 is 21.1 Å². The Morgan fingerprint density at radius 2 is 1.81 bits per heavy atom. The Morgan fingerprint density at radius 3 is 2.50 bits per heavy atom. The van der Waals surface area contributed by atoms with E-state index in [9.17, 15) is 18.7 Å². The van der Waals surface area contributed by atoms with Crippen molar-refractivity contribution in [1.29, 1.82) is 0 Å². The van der Waals surface area contributed by atoms with Crippen molar-refractivity contribution in [3.05, 3.63) is 36.0 Å². The van der Waals surface area contributed by atoms with Crippen molar-refractivity contribution >= 4 is 34.7 Å². The molecule has 2 saturated carbocycles. The zero-order valence-electron chi connectivity index (χ0n) is 20.2. The minimum Gasteiger partial charge on any atom is -0.393 e. The van der Waals surface area contributed by atoms with Gasteiger partial charge in [-0.1, -0.05) is 0 Å². The molecule has 2 aromatic heterocycles. The zero-order valence-corrected chi connectivity index (χ0v) is 20.2. The first-order valence-electron chi connectivity index (χ1n) is 12.5. The maximum atomic E-state index is 14.4. The van der Waals surface area contributed by atoms with E-state index in [1.807, 2.05) is 4.57 Å². The number of anilines is 3. The molecule has 4 N–H and O–H groups in total. The van der Waals surface area contributed by atoms with E-state index in [1.165, 1.54) is 12.1 Å². The third-order valence-corrected chi connectivity index (χ3v) is 7.32. The number of aliphatic hydroxyl groups excluding tert-OH is 1. The van der Waals surface area contributed by atoms with Crippen molar-refractivity contribution in [2.24, 2.45) is 5.92 Å². The van der Waals surface area contributed by atoms with E-state index >= 15 is 0 Å². The van der Waals surface area contributed by atoms with Gasteiger partial charge in [0, 0.05) is 31.1 Å². The van der Waals surface area contributed by atoms with Gasteiger partial charge in [-0.05, 0) is 63.5 Å². The molecule has 0 radical (unpaired) electrons. The molecule has 1 aromatic carbocycles. The van der Waals surface area contributed by atoms with Gasteiger partial charge in [0.25, 0.3) is 0 Å². The van der Waals surface area contributed by atoms with Gasteiger partial charge in [0.15, 0.2) is 5.65 Å². The average Bonchev–Trinajstić information content (AvgIpc) is 3.23. The first-order chi connectivity index (χ1) is 17.4. The third kappa shape index (κ3) is 5.11. The Labute approximate surface area is 207 Å². The number of carbonyl (C=O) groups excluding carboxylic acids is 1. The molecule has 192 valence electrons. The summed E-state index contributed by atoms with van der Waals surface area (Å²) >= 11 is 0. The van der Waals surface area contributed by atoms with E-state index in [0.717, 1.165) is 44.6 Å². The molecule has 3 aromatic rings. The Hall–Kier alpha value is -3.34. The number of hydrogen-bond donors (Lipinski definition) is 4. The predicted molar refractivity (Wildman–Crippen MR) is 132 cm³/mol. The molecule has 2 heterocycles. The summed E-state index contributed by atoms with van der Waals surface area (Å²) in [7, 11) is 1.67. The number of nitrogens with zero attached hydrogens (tertiary/aromatic N) is 4. The second-order valence-electron chi connectivity index (χ2n) is 9.73. The molecule has 11 heteroatoms. The molecule has 0 spiro atoms. The van der Waals surface area contributed by atoms with Crippen LogP contribution in [0.2, 0.25) is 0 Å². The summed E-state index contributed by atoms with van der Waals surface area (Å²) < 4.78 is 29.8. The first kappa shape index (κ1) is 24.4. The SMILES string of the molecule is CNC(=O)[C@H]1CC[C@H](Nc2ncc3nc(Nc4ccc(F)cc4F)n([C@H]4CC[C@@H](O)CC4)c3n2)CC1. The fourth-order valence-electron chi connectivity index (χ4n) is 5.31. The topological polar surface area (TPSA) is 117 Å². The molecule has 0 aliphatic heterocycles. The van der Waals surface area contributed by atoms with Crippen LogP contribution in [0, 0.1) is 17.6 Å². The Bertz CT molecular complexity index is 1230. The molecule has 1 amide bonds. The molecule has 0 atom stereocenters. The summed E-state index contributed by atoms with van der Waals surface area (Å²) in [5.74, 6) is -0.366. The monoisotopic (exact) mass is 499 g/mol. The summed E-state index contributed by atoms with van der Waals surface area (Å²) in [5, 5.41) is 19.2. The van der Waals surface area contributed by atoms with E-state index < -0.39 is 11.6 Å². The molecule has 5 rings (SSSR count). The number of hydrogen-bond acceptors (Lipinski definition) is 7. The van der Waals surface area contributed by atoms with Gasteiger partial charge in [-0.15, -0.1) is 0 Å². The van der Waals surface area contributed by atoms with Crippen molar-refractivity contribution in [3.8, 4) is 0 Å². The lowest BCUT2D eigenvalue weighted by Crippen LogP contribution is -2.34. The van der Waals surface area contributed by atoms with Crippen LogP contribution in [-0.2, 0) is 4.79 Å². The maximum Gasteiger partial charge on any atom is 0.224 e. The van der Waals surface area contributed by atoms with E-state index in [1.54, 1.807) is 13.2 Å². The lowest BCUT2D eigenvalue weighted by atomic mass is 9.85. The molecule has 2 aliphatic rings. The highest BCUT2D eigenvalue weighted by molar-refractivity contribution is 5.78. The number of imidazole rings is 1. The molecular weight excluding hydrogens is 468 g/mol. The average molecular weight is 500 g/mol. The van der Waals surface area contributed by atoms with Gasteiger partial charge in [-0.3, -0.25) is 9.36 Å². The number of aromatic nitrogens is 4. The lowest BCUT2D eigenvalue weighted by Gasteiger charge is -2.29. The van der Waals surface area contributed by atoms with Crippen LogP contribution in [0.5, 0.6) is 0 Å². The highest BCUT2D eigenvalue weighted by Crippen LogP contribution is 2.35. The summed E-state index contributed by atoms with van der Waals surface area (Å²) in [6.07, 6.45) is 7.36. The van der Waals surface area contributed by atoms with Gasteiger partial charge in [0.05, 0.1) is 18.0 Å². The van der Waals surface area contributed by atoms with E-state index in [-0.39, 0.29) is 35.7 Å². The maximum absolute atomic E-state index is 14.4. The van der Waals surface area contributed by atoms with Crippen LogP contribution in [0.4, 0.5) is 26.4 Å².